The van der Waals surface area contributed by atoms with E-state index in [1.807, 2.05) is 12.1 Å². The van der Waals surface area contributed by atoms with Crippen molar-refractivity contribution in [2.24, 2.45) is 5.92 Å². The molecule has 1 amide bonds. The average molecular weight is 381 g/mol. The van der Waals surface area contributed by atoms with Crippen molar-refractivity contribution in [3.05, 3.63) is 29.8 Å². The van der Waals surface area contributed by atoms with Gasteiger partial charge in [-0.05, 0) is 68.8 Å². The summed E-state index contributed by atoms with van der Waals surface area (Å²) in [6.45, 7) is 2.19. The highest BCUT2D eigenvalue weighted by atomic mass is 32.2. The highest BCUT2D eigenvalue weighted by Crippen LogP contribution is 2.23. The van der Waals surface area contributed by atoms with Gasteiger partial charge < -0.3 is 10.4 Å². The van der Waals surface area contributed by atoms with Gasteiger partial charge in [-0.2, -0.15) is 0 Å². The van der Waals surface area contributed by atoms with Crippen LogP contribution in [0.15, 0.2) is 24.3 Å². The lowest BCUT2D eigenvalue weighted by molar-refractivity contribution is -0.123. The molecule has 0 saturated carbocycles. The zero-order valence-electron chi connectivity index (χ0n) is 15.1. The molecule has 2 aliphatic rings. The molecular formula is C19H28N2O4S. The molecule has 2 heterocycles. The largest absolute Gasteiger partial charge is 0.508 e. The van der Waals surface area contributed by atoms with Crippen molar-refractivity contribution in [1.82, 2.24) is 10.2 Å². The summed E-state index contributed by atoms with van der Waals surface area (Å²) < 4.78 is 22.9. The summed E-state index contributed by atoms with van der Waals surface area (Å²) in [7, 11) is -2.96. The zero-order chi connectivity index (χ0) is 18.6. The molecular weight excluding hydrogens is 352 g/mol. The van der Waals surface area contributed by atoms with Crippen LogP contribution in [-0.4, -0.2) is 61.5 Å². The first-order valence-electron chi connectivity index (χ1n) is 9.40. The number of aromatic hydroxyl groups is 1. The molecule has 1 atom stereocenters. The van der Waals surface area contributed by atoms with Crippen molar-refractivity contribution in [1.29, 1.82) is 0 Å². The molecule has 0 radical (unpaired) electrons. The Morgan fingerprint density at radius 2 is 1.85 bits per heavy atom. The number of nitrogens with one attached hydrogen (secondary N) is 1. The topological polar surface area (TPSA) is 86.7 Å². The van der Waals surface area contributed by atoms with Gasteiger partial charge in [0.2, 0.25) is 5.91 Å². The number of phenolic OH excluding ortho intramolecular Hbond substituents is 1. The van der Waals surface area contributed by atoms with Gasteiger partial charge in [-0.3, -0.25) is 9.69 Å². The minimum atomic E-state index is -2.96. The van der Waals surface area contributed by atoms with Crippen LogP contribution in [0.25, 0.3) is 0 Å². The minimum absolute atomic E-state index is 0.0605. The van der Waals surface area contributed by atoms with Crippen molar-refractivity contribution < 1.29 is 18.3 Å². The average Bonchev–Trinajstić information content (AvgIpc) is 2.94. The second-order valence-corrected chi connectivity index (χ2v) is 9.82. The molecule has 0 aromatic heterocycles. The smallest absolute Gasteiger partial charge is 0.234 e. The van der Waals surface area contributed by atoms with E-state index >= 15 is 0 Å². The van der Waals surface area contributed by atoms with E-state index in [0.717, 1.165) is 38.8 Å². The molecule has 6 nitrogen and oxygen atoms in total. The van der Waals surface area contributed by atoms with Crippen LogP contribution in [-0.2, 0) is 21.1 Å². The number of hydrogen-bond donors (Lipinski definition) is 2. The van der Waals surface area contributed by atoms with Crippen LogP contribution in [0.5, 0.6) is 5.75 Å². The SMILES string of the molecule is O=C(CN1CCC(CCc2ccc(O)cc2)CC1)NC1CCS(=O)(=O)C1. The maximum atomic E-state index is 12.1. The van der Waals surface area contributed by atoms with Gasteiger partial charge in [0, 0.05) is 6.04 Å². The Bertz CT molecular complexity index is 710. The van der Waals surface area contributed by atoms with Crippen molar-refractivity contribution in [3.8, 4) is 5.75 Å². The van der Waals surface area contributed by atoms with E-state index in [4.69, 9.17) is 0 Å². The Hall–Kier alpha value is -1.60. The van der Waals surface area contributed by atoms with Gasteiger partial charge in [-0.1, -0.05) is 12.1 Å². The lowest BCUT2D eigenvalue weighted by Crippen LogP contribution is -2.45. The van der Waals surface area contributed by atoms with Crippen LogP contribution in [0.1, 0.15) is 31.2 Å². The zero-order valence-corrected chi connectivity index (χ0v) is 15.9. The summed E-state index contributed by atoms with van der Waals surface area (Å²) in [5.41, 5.74) is 1.25. The molecule has 0 aliphatic carbocycles. The maximum Gasteiger partial charge on any atom is 0.234 e. The lowest BCUT2D eigenvalue weighted by Gasteiger charge is -2.31. The van der Waals surface area contributed by atoms with E-state index in [1.54, 1.807) is 12.1 Å². The summed E-state index contributed by atoms with van der Waals surface area (Å²) in [6.07, 6.45) is 4.85. The minimum Gasteiger partial charge on any atom is -0.508 e. The predicted octanol–water partition coefficient (Wildman–Crippen LogP) is 1.34. The van der Waals surface area contributed by atoms with Crippen molar-refractivity contribution in [2.45, 2.75) is 38.1 Å². The molecule has 2 N–H and O–H groups in total. The summed E-state index contributed by atoms with van der Waals surface area (Å²) in [5.74, 6) is 1.18. The number of rotatable bonds is 6. The Morgan fingerprint density at radius 1 is 1.15 bits per heavy atom. The standard InChI is InChI=1S/C19H28N2O4S/c22-18-5-3-15(4-6-18)1-2-16-7-10-21(11-8-16)13-19(23)20-17-9-12-26(24,25)14-17/h3-6,16-17,22H,1-2,7-14H2,(H,20,23). The van der Waals surface area contributed by atoms with E-state index in [2.05, 4.69) is 10.2 Å². The third kappa shape index (κ3) is 5.71. The Morgan fingerprint density at radius 3 is 2.46 bits per heavy atom. The van der Waals surface area contributed by atoms with Crippen LogP contribution in [0.4, 0.5) is 0 Å². The number of likely N-dealkylation sites (tertiary alicyclic amines) is 1. The molecule has 1 unspecified atom stereocenters. The summed E-state index contributed by atoms with van der Waals surface area (Å²) in [5, 5.41) is 12.2. The Kier molecular flexibility index (Phi) is 6.19. The van der Waals surface area contributed by atoms with Crippen LogP contribution >= 0.6 is 0 Å². The molecule has 2 saturated heterocycles. The number of carbonyl (C=O) groups excluding carboxylic acids is 1. The van der Waals surface area contributed by atoms with E-state index in [1.165, 1.54) is 5.56 Å². The number of benzene rings is 1. The highest BCUT2D eigenvalue weighted by Gasteiger charge is 2.29. The van der Waals surface area contributed by atoms with Crippen LogP contribution in [0.3, 0.4) is 0 Å². The van der Waals surface area contributed by atoms with Gasteiger partial charge in [0.1, 0.15) is 5.75 Å². The Labute approximate surface area is 155 Å². The fourth-order valence-corrected chi connectivity index (χ4v) is 5.53. The van der Waals surface area contributed by atoms with Gasteiger partial charge in [-0.15, -0.1) is 0 Å². The van der Waals surface area contributed by atoms with Crippen LogP contribution in [0, 0.1) is 5.92 Å². The lowest BCUT2D eigenvalue weighted by atomic mass is 9.90. The van der Waals surface area contributed by atoms with Gasteiger partial charge in [-0.25, -0.2) is 8.42 Å². The molecule has 144 valence electrons. The number of amides is 1. The first-order valence-corrected chi connectivity index (χ1v) is 11.2. The first-order chi connectivity index (χ1) is 12.4. The molecule has 0 spiro atoms. The van der Waals surface area contributed by atoms with Gasteiger partial charge >= 0.3 is 0 Å². The number of sulfone groups is 1. The third-order valence-electron chi connectivity index (χ3n) is 5.45. The fraction of sp³-hybridized carbons (Fsp3) is 0.632. The molecule has 0 bridgehead atoms. The number of piperidine rings is 1. The number of carbonyl (C=O) groups is 1. The van der Waals surface area contributed by atoms with Crippen molar-refractivity contribution in [3.63, 3.8) is 0 Å². The quantitative estimate of drug-likeness (QED) is 0.778. The van der Waals surface area contributed by atoms with Crippen LogP contribution in [0.2, 0.25) is 0 Å². The molecule has 1 aromatic rings. The highest BCUT2D eigenvalue weighted by molar-refractivity contribution is 7.91. The van der Waals surface area contributed by atoms with Gasteiger partial charge in [0.05, 0.1) is 18.1 Å². The monoisotopic (exact) mass is 380 g/mol. The molecule has 3 rings (SSSR count). The van der Waals surface area contributed by atoms with E-state index in [-0.39, 0.29) is 23.5 Å². The molecule has 26 heavy (non-hydrogen) atoms. The first kappa shape index (κ1) is 19.2. The van der Waals surface area contributed by atoms with Gasteiger partial charge in [0.25, 0.3) is 0 Å². The van der Waals surface area contributed by atoms with Crippen molar-refractivity contribution in [2.75, 3.05) is 31.1 Å². The number of phenols is 1. The molecule has 7 heteroatoms. The van der Waals surface area contributed by atoms with Crippen LogP contribution < -0.4 is 5.32 Å². The normalized spacial score (nSPS) is 23.8. The molecule has 2 fully saturated rings. The van der Waals surface area contributed by atoms with E-state index in [9.17, 15) is 18.3 Å². The Balaban J connectivity index is 1.34. The third-order valence-corrected chi connectivity index (χ3v) is 7.22. The molecule has 2 aliphatic heterocycles. The number of hydrogen-bond acceptors (Lipinski definition) is 5. The number of nitrogens with zero attached hydrogens (tertiary/aromatic N) is 1. The molecule has 1 aromatic carbocycles. The maximum absolute atomic E-state index is 12.1. The summed E-state index contributed by atoms with van der Waals surface area (Å²) >= 11 is 0. The van der Waals surface area contributed by atoms with E-state index < -0.39 is 9.84 Å². The predicted molar refractivity (Wildman–Crippen MR) is 101 cm³/mol. The summed E-state index contributed by atoms with van der Waals surface area (Å²) in [6, 6.07) is 7.18. The second kappa shape index (κ2) is 8.39. The number of aryl methyl sites for hydroxylation is 1. The second-order valence-electron chi connectivity index (χ2n) is 7.59. The fourth-order valence-electron chi connectivity index (χ4n) is 3.85. The summed E-state index contributed by atoms with van der Waals surface area (Å²) in [4.78, 5) is 14.3. The van der Waals surface area contributed by atoms with Gasteiger partial charge in [0.15, 0.2) is 9.84 Å². The van der Waals surface area contributed by atoms with Crippen molar-refractivity contribution >= 4 is 15.7 Å². The van der Waals surface area contributed by atoms with E-state index in [0.29, 0.717) is 24.6 Å².